The van der Waals surface area contributed by atoms with Gasteiger partial charge >= 0.3 is 8.80 Å². The molecule has 0 heterocycles. The summed E-state index contributed by atoms with van der Waals surface area (Å²) in [6.07, 6.45) is -7.83. The highest BCUT2D eigenvalue weighted by Gasteiger charge is 2.49. The average molecular weight is 707 g/mol. The van der Waals surface area contributed by atoms with Crippen molar-refractivity contribution in [3.05, 3.63) is 0 Å². The lowest BCUT2D eigenvalue weighted by Crippen LogP contribution is -2.60. The Hall–Kier alpha value is -0.142. The highest BCUT2D eigenvalue weighted by Crippen LogP contribution is 2.30. The van der Waals surface area contributed by atoms with Crippen LogP contribution in [0.5, 0.6) is 0 Å². The van der Waals surface area contributed by atoms with Gasteiger partial charge in [0.15, 0.2) is 31.1 Å². The molecule has 0 spiro atoms. The van der Waals surface area contributed by atoms with E-state index in [4.69, 9.17) is 26.9 Å². The minimum absolute atomic E-state index is 0.0588. The van der Waals surface area contributed by atoms with E-state index >= 15 is 0 Å². The molecule has 0 aliphatic rings. The van der Waals surface area contributed by atoms with Crippen LogP contribution in [0, 0.1) is 0 Å². The Labute approximate surface area is 268 Å². The SMILES string of the molecule is COCCOCC(O)CN(CCC[Si](O[Si](C)(C)C)(O[Si](C)(C)C)O[Si](C)(C)C)CCNC(=O)C(O)C(O)C(O)C(O)CO. The first kappa shape index (κ1) is 43.9. The number of aliphatic hydroxyl groups is 6. The minimum Gasteiger partial charge on any atom is -0.417 e. The quantitative estimate of drug-likeness (QED) is 0.0485. The van der Waals surface area contributed by atoms with Gasteiger partial charge in [-0.3, -0.25) is 9.69 Å². The van der Waals surface area contributed by atoms with Gasteiger partial charge in [0.05, 0.1) is 32.5 Å². The molecule has 14 nitrogen and oxygen atoms in total. The summed E-state index contributed by atoms with van der Waals surface area (Å²) in [6, 6.07) is 0.588. The lowest BCUT2D eigenvalue weighted by molar-refractivity contribution is -0.148. The normalized spacial score (nSPS) is 16.9. The number of carbonyl (C=O) groups is 1. The number of nitrogens with one attached hydrogen (secondary N) is 1. The van der Waals surface area contributed by atoms with Crippen LogP contribution in [0.1, 0.15) is 6.42 Å². The predicted molar refractivity (Wildman–Crippen MR) is 178 cm³/mol. The number of rotatable bonds is 25. The van der Waals surface area contributed by atoms with Gasteiger partial charge in [0.1, 0.15) is 18.3 Å². The summed E-state index contributed by atoms with van der Waals surface area (Å²) in [7, 11) is -7.67. The summed E-state index contributed by atoms with van der Waals surface area (Å²) in [5, 5.41) is 61.6. The summed E-state index contributed by atoms with van der Waals surface area (Å²) in [4.78, 5) is 14.4. The minimum atomic E-state index is -3.07. The second kappa shape index (κ2) is 20.3. The predicted octanol–water partition coefficient (Wildman–Crippen LogP) is -0.252. The van der Waals surface area contributed by atoms with Gasteiger partial charge in [0.2, 0.25) is 0 Å². The van der Waals surface area contributed by atoms with Crippen LogP contribution >= 0.6 is 0 Å². The maximum atomic E-state index is 12.4. The van der Waals surface area contributed by atoms with E-state index in [1.54, 1.807) is 7.11 Å². The molecule has 7 N–H and O–H groups in total. The van der Waals surface area contributed by atoms with Gasteiger partial charge in [-0.1, -0.05) is 0 Å². The molecule has 0 aromatic heterocycles. The van der Waals surface area contributed by atoms with Crippen LogP contribution in [0.3, 0.4) is 0 Å². The molecule has 0 aromatic carbocycles. The van der Waals surface area contributed by atoms with Crippen LogP contribution in [0.4, 0.5) is 0 Å². The van der Waals surface area contributed by atoms with Gasteiger partial charge in [0.25, 0.3) is 5.91 Å². The lowest BCUT2D eigenvalue weighted by Gasteiger charge is -2.43. The fourth-order valence-corrected chi connectivity index (χ4v) is 18.9. The largest absolute Gasteiger partial charge is 0.469 e. The maximum Gasteiger partial charge on any atom is 0.469 e. The highest BCUT2D eigenvalue weighted by atomic mass is 28.5. The second-order valence-corrected chi connectivity index (χ2v) is 30.9. The van der Waals surface area contributed by atoms with Crippen molar-refractivity contribution >= 4 is 39.7 Å². The van der Waals surface area contributed by atoms with Crippen molar-refractivity contribution in [1.82, 2.24) is 10.2 Å². The molecule has 0 saturated carbocycles. The summed E-state index contributed by atoms with van der Waals surface area (Å²) < 4.78 is 30.7. The lowest BCUT2D eigenvalue weighted by atomic mass is 10.0. The molecule has 0 saturated heterocycles. The second-order valence-electron chi connectivity index (χ2n) is 13.9. The number of methoxy groups -OCH3 is 1. The van der Waals surface area contributed by atoms with Gasteiger partial charge < -0.3 is 57.8 Å². The highest BCUT2D eigenvalue weighted by molar-refractivity contribution is 6.90. The molecule has 0 fully saturated rings. The van der Waals surface area contributed by atoms with Crippen LogP contribution in [0.15, 0.2) is 0 Å². The molecule has 0 radical (unpaired) electrons. The Morgan fingerprint density at radius 2 is 1.32 bits per heavy atom. The number of amides is 1. The van der Waals surface area contributed by atoms with Crippen LogP contribution in [0.25, 0.3) is 0 Å². The van der Waals surface area contributed by atoms with E-state index in [9.17, 15) is 30.3 Å². The molecule has 44 heavy (non-hydrogen) atoms. The van der Waals surface area contributed by atoms with Crippen LogP contribution < -0.4 is 5.32 Å². The van der Waals surface area contributed by atoms with Crippen molar-refractivity contribution in [1.29, 1.82) is 0 Å². The van der Waals surface area contributed by atoms with Crippen molar-refractivity contribution in [2.75, 3.05) is 59.7 Å². The molecule has 0 rings (SSSR count). The maximum absolute atomic E-state index is 12.4. The van der Waals surface area contributed by atoms with E-state index in [-0.39, 0.29) is 19.7 Å². The average Bonchev–Trinajstić information content (AvgIpc) is 2.85. The topological polar surface area (TPSA) is 200 Å². The fraction of sp³-hybridized carbons (Fsp3) is 0.962. The molecular formula is C26H62N2O12Si4. The first-order valence-electron chi connectivity index (χ1n) is 15.2. The molecule has 0 aliphatic carbocycles. The first-order chi connectivity index (χ1) is 20.0. The smallest absolute Gasteiger partial charge is 0.417 e. The number of carbonyl (C=O) groups excluding carboxylic acids is 1. The summed E-state index contributed by atoms with van der Waals surface area (Å²) in [5.74, 6) is -0.952. The third kappa shape index (κ3) is 20.2. The number of ether oxygens (including phenoxy) is 2. The Balaban J connectivity index is 5.66. The number of hydrogen-bond acceptors (Lipinski definition) is 13. The van der Waals surface area contributed by atoms with Crippen LogP contribution in [-0.2, 0) is 26.6 Å². The van der Waals surface area contributed by atoms with E-state index in [1.165, 1.54) is 0 Å². The summed E-state index contributed by atoms with van der Waals surface area (Å²) in [6.45, 7) is 20.2. The monoisotopic (exact) mass is 706 g/mol. The van der Waals surface area contributed by atoms with E-state index in [0.717, 1.165) is 0 Å². The zero-order valence-corrected chi connectivity index (χ0v) is 32.5. The third-order valence-corrected chi connectivity index (χ3v) is 17.9. The van der Waals surface area contributed by atoms with Crippen molar-refractivity contribution in [2.24, 2.45) is 0 Å². The van der Waals surface area contributed by atoms with Gasteiger partial charge in [0, 0.05) is 32.8 Å². The molecule has 0 aliphatic heterocycles. The van der Waals surface area contributed by atoms with Gasteiger partial charge in [-0.25, -0.2) is 0 Å². The molecule has 5 unspecified atom stereocenters. The standard InChI is InChI=1S/C26H62N2O12Si4/c1-36-15-16-37-20-21(30)18-28(14-12-27-26(35)25(34)24(33)23(32)22(31)19-29)13-11-17-44(38-41(2,3)4,39-42(5,6)7)40-43(8,9)10/h21-25,29-34H,11-20H2,1-10H3,(H,27,35). The molecular weight excluding hydrogens is 645 g/mol. The molecule has 0 aromatic rings. The van der Waals surface area contributed by atoms with Gasteiger partial charge in [-0.05, 0) is 71.9 Å². The van der Waals surface area contributed by atoms with E-state index in [2.05, 4.69) is 64.2 Å². The third-order valence-electron chi connectivity index (χ3n) is 5.80. The van der Waals surface area contributed by atoms with Crippen molar-refractivity contribution in [3.63, 3.8) is 0 Å². The zero-order chi connectivity index (χ0) is 34.4. The summed E-state index contributed by atoms with van der Waals surface area (Å²) in [5.41, 5.74) is 0. The number of aliphatic hydroxyl groups excluding tert-OH is 6. The molecule has 5 atom stereocenters. The fourth-order valence-electron chi connectivity index (χ4n) is 4.26. The van der Waals surface area contributed by atoms with E-state index in [1.807, 2.05) is 4.90 Å². The van der Waals surface area contributed by atoms with E-state index < -0.39 is 76.8 Å². The molecule has 18 heteroatoms. The molecule has 1 amide bonds. The first-order valence-corrected chi connectivity index (χ1v) is 27.4. The van der Waals surface area contributed by atoms with Gasteiger partial charge in [-0.2, -0.15) is 0 Å². The Morgan fingerprint density at radius 3 is 1.77 bits per heavy atom. The van der Waals surface area contributed by atoms with Crippen molar-refractivity contribution < 1.29 is 57.3 Å². The van der Waals surface area contributed by atoms with Crippen molar-refractivity contribution in [3.8, 4) is 0 Å². The molecule has 0 bridgehead atoms. The van der Waals surface area contributed by atoms with Gasteiger partial charge in [-0.15, -0.1) is 0 Å². The number of nitrogens with zero attached hydrogens (tertiary/aromatic N) is 1. The Kier molecular flexibility index (Phi) is 20.2. The zero-order valence-electron chi connectivity index (χ0n) is 28.5. The molecule has 264 valence electrons. The van der Waals surface area contributed by atoms with Crippen LogP contribution in [-0.4, -0.2) is 165 Å². The Morgan fingerprint density at radius 1 is 0.795 bits per heavy atom. The van der Waals surface area contributed by atoms with Crippen LogP contribution in [0.2, 0.25) is 65.0 Å². The van der Waals surface area contributed by atoms with Crippen molar-refractivity contribution in [2.45, 2.75) is 102 Å². The summed E-state index contributed by atoms with van der Waals surface area (Å²) >= 11 is 0. The van der Waals surface area contributed by atoms with E-state index in [0.29, 0.717) is 38.8 Å². The number of hydrogen-bond donors (Lipinski definition) is 7. The Bertz CT molecular complexity index is 758.